The molecule has 13 heteroatoms. The van der Waals surface area contributed by atoms with Crippen molar-refractivity contribution in [1.29, 1.82) is 0 Å². The zero-order valence-electron chi connectivity index (χ0n) is 20.0. The SMILES string of the molecule is CCCS(=O)(=O)Nc1cc(-c2cnc3cc(OC)c(S(=O)(=O)C(C)(C)CO)cn23)cc(Cl)c1OC. The minimum atomic E-state index is -4.02. The van der Waals surface area contributed by atoms with Gasteiger partial charge in [-0.3, -0.25) is 9.12 Å². The number of methoxy groups -OCH3 is 2. The second kappa shape index (κ2) is 9.84. The summed E-state index contributed by atoms with van der Waals surface area (Å²) in [5.74, 6) is 0.144. The molecule has 0 spiro atoms. The molecule has 192 valence electrons. The van der Waals surface area contributed by atoms with Crippen LogP contribution in [0.4, 0.5) is 5.69 Å². The number of aliphatic hydroxyl groups excluding tert-OH is 1. The van der Waals surface area contributed by atoms with Crippen molar-refractivity contribution in [3.05, 3.63) is 35.6 Å². The van der Waals surface area contributed by atoms with Gasteiger partial charge in [0, 0.05) is 17.8 Å². The van der Waals surface area contributed by atoms with E-state index in [-0.39, 0.29) is 32.9 Å². The van der Waals surface area contributed by atoms with Gasteiger partial charge in [-0.15, -0.1) is 0 Å². The van der Waals surface area contributed by atoms with Crippen molar-refractivity contribution in [2.24, 2.45) is 0 Å². The summed E-state index contributed by atoms with van der Waals surface area (Å²) in [6.45, 7) is 3.98. The molecule has 0 aliphatic heterocycles. The summed E-state index contributed by atoms with van der Waals surface area (Å²) in [7, 11) is -4.95. The highest BCUT2D eigenvalue weighted by atomic mass is 35.5. The minimum absolute atomic E-state index is 0.0805. The lowest BCUT2D eigenvalue weighted by atomic mass is 10.1. The van der Waals surface area contributed by atoms with Gasteiger partial charge in [0.15, 0.2) is 15.6 Å². The Kier molecular flexibility index (Phi) is 7.61. The molecule has 2 heterocycles. The molecule has 0 bridgehead atoms. The Balaban J connectivity index is 2.26. The quantitative estimate of drug-likeness (QED) is 0.395. The van der Waals surface area contributed by atoms with Crippen LogP contribution in [0, 0.1) is 0 Å². The molecule has 0 atom stereocenters. The molecule has 0 unspecified atom stereocenters. The van der Waals surface area contributed by atoms with Crippen LogP contribution < -0.4 is 14.2 Å². The number of nitrogens with one attached hydrogen (secondary N) is 1. The van der Waals surface area contributed by atoms with Crippen LogP contribution in [-0.2, 0) is 19.9 Å². The molecule has 2 aromatic heterocycles. The number of sulfone groups is 1. The fourth-order valence-electron chi connectivity index (χ4n) is 3.46. The second-order valence-electron chi connectivity index (χ2n) is 8.46. The highest BCUT2D eigenvalue weighted by Gasteiger charge is 2.38. The number of rotatable bonds is 10. The van der Waals surface area contributed by atoms with E-state index in [0.717, 1.165) is 0 Å². The van der Waals surface area contributed by atoms with Crippen LogP contribution in [0.2, 0.25) is 5.02 Å². The van der Waals surface area contributed by atoms with Gasteiger partial charge >= 0.3 is 0 Å². The number of benzene rings is 1. The molecule has 0 fully saturated rings. The number of anilines is 1. The van der Waals surface area contributed by atoms with Gasteiger partial charge in [0.25, 0.3) is 0 Å². The fourth-order valence-corrected chi connectivity index (χ4v) is 6.30. The van der Waals surface area contributed by atoms with Crippen molar-refractivity contribution in [1.82, 2.24) is 9.38 Å². The molecule has 0 saturated heterocycles. The number of sulfonamides is 1. The van der Waals surface area contributed by atoms with Gasteiger partial charge in [0.1, 0.15) is 16.3 Å². The van der Waals surface area contributed by atoms with Crippen LogP contribution >= 0.6 is 11.6 Å². The Morgan fingerprint density at radius 2 is 1.83 bits per heavy atom. The highest BCUT2D eigenvalue weighted by Crippen LogP contribution is 2.40. The highest BCUT2D eigenvalue weighted by molar-refractivity contribution is 7.93. The number of hydrogen-bond acceptors (Lipinski definition) is 8. The van der Waals surface area contributed by atoms with Gasteiger partial charge in [0.2, 0.25) is 10.0 Å². The van der Waals surface area contributed by atoms with Crippen molar-refractivity contribution in [3.63, 3.8) is 0 Å². The molecule has 0 aliphatic carbocycles. The number of imidazole rings is 1. The number of pyridine rings is 1. The van der Waals surface area contributed by atoms with E-state index in [1.807, 2.05) is 0 Å². The Labute approximate surface area is 209 Å². The van der Waals surface area contributed by atoms with Gasteiger partial charge in [0.05, 0.1) is 53.9 Å². The zero-order chi connectivity index (χ0) is 26.2. The summed E-state index contributed by atoms with van der Waals surface area (Å²) >= 11 is 6.41. The summed E-state index contributed by atoms with van der Waals surface area (Å²) < 4.78 is 64.6. The number of nitrogens with zero attached hydrogens (tertiary/aromatic N) is 2. The second-order valence-corrected chi connectivity index (χ2v) is 13.3. The van der Waals surface area contributed by atoms with Crippen LogP contribution in [-0.4, -0.2) is 62.7 Å². The summed E-state index contributed by atoms with van der Waals surface area (Å²) in [5, 5.41) is 9.83. The van der Waals surface area contributed by atoms with E-state index >= 15 is 0 Å². The van der Waals surface area contributed by atoms with E-state index in [1.165, 1.54) is 57.0 Å². The predicted octanol–water partition coefficient (Wildman–Crippen LogP) is 3.37. The third kappa shape index (κ3) is 5.06. The number of aliphatic hydroxyl groups is 1. The Bertz CT molecular complexity index is 1470. The Morgan fingerprint density at radius 1 is 1.14 bits per heavy atom. The van der Waals surface area contributed by atoms with Crippen molar-refractivity contribution < 1.29 is 31.4 Å². The molecular weight excluding hydrogens is 518 g/mol. The first-order valence-electron chi connectivity index (χ1n) is 10.6. The smallest absolute Gasteiger partial charge is 0.232 e. The van der Waals surface area contributed by atoms with Gasteiger partial charge < -0.3 is 14.6 Å². The average Bonchev–Trinajstić information content (AvgIpc) is 3.20. The molecule has 3 aromatic rings. The number of fused-ring (bicyclic) bond motifs is 1. The van der Waals surface area contributed by atoms with Gasteiger partial charge in [-0.1, -0.05) is 18.5 Å². The molecular formula is C22H28ClN3O7S2. The van der Waals surface area contributed by atoms with Gasteiger partial charge in [-0.2, -0.15) is 0 Å². The molecule has 3 rings (SSSR count). The molecule has 0 amide bonds. The van der Waals surface area contributed by atoms with E-state index < -0.39 is 31.2 Å². The molecule has 0 radical (unpaired) electrons. The summed E-state index contributed by atoms with van der Waals surface area (Å²) in [5.41, 5.74) is 1.44. The van der Waals surface area contributed by atoms with Crippen molar-refractivity contribution >= 4 is 42.8 Å². The molecule has 10 nitrogen and oxygen atoms in total. The van der Waals surface area contributed by atoms with Gasteiger partial charge in [-0.05, 0) is 32.4 Å². The lowest BCUT2D eigenvalue weighted by Gasteiger charge is -2.23. The minimum Gasteiger partial charge on any atom is -0.495 e. The molecule has 0 aliphatic rings. The third-order valence-corrected chi connectivity index (χ3v) is 9.70. The number of aromatic nitrogens is 2. The number of halogens is 1. The lowest BCUT2D eigenvalue weighted by molar-refractivity contribution is 0.257. The number of hydrogen-bond donors (Lipinski definition) is 2. The largest absolute Gasteiger partial charge is 0.495 e. The van der Waals surface area contributed by atoms with Crippen molar-refractivity contribution in [2.75, 3.05) is 31.3 Å². The first-order chi connectivity index (χ1) is 16.3. The Morgan fingerprint density at radius 3 is 2.40 bits per heavy atom. The molecule has 1 aromatic carbocycles. The van der Waals surface area contributed by atoms with E-state index in [4.69, 9.17) is 21.1 Å². The van der Waals surface area contributed by atoms with Crippen LogP contribution in [0.25, 0.3) is 16.9 Å². The number of ether oxygens (including phenoxy) is 2. The third-order valence-electron chi connectivity index (χ3n) is 5.47. The maximum Gasteiger partial charge on any atom is 0.232 e. The summed E-state index contributed by atoms with van der Waals surface area (Å²) in [4.78, 5) is 4.21. The fraction of sp³-hybridized carbons (Fsp3) is 0.409. The lowest BCUT2D eigenvalue weighted by Crippen LogP contribution is -2.36. The van der Waals surface area contributed by atoms with Crippen LogP contribution in [0.3, 0.4) is 0 Å². The zero-order valence-corrected chi connectivity index (χ0v) is 22.4. The predicted molar refractivity (Wildman–Crippen MR) is 135 cm³/mol. The molecule has 2 N–H and O–H groups in total. The van der Waals surface area contributed by atoms with Crippen LogP contribution in [0.5, 0.6) is 11.5 Å². The van der Waals surface area contributed by atoms with E-state index in [9.17, 15) is 21.9 Å². The standard InChI is InChI=1S/C22H28ClN3O7S2/c1-6-7-34(28,29)25-16-9-14(8-15(23)21(16)33-5)17-11-24-20-10-18(32-4)19(12-26(17)20)35(30,31)22(2,3)13-27/h8-12,25,27H,6-7,13H2,1-5H3. The monoisotopic (exact) mass is 545 g/mol. The van der Waals surface area contributed by atoms with E-state index in [1.54, 1.807) is 13.0 Å². The normalized spacial score (nSPS) is 12.7. The molecule has 0 saturated carbocycles. The Hall–Kier alpha value is -2.54. The maximum absolute atomic E-state index is 13.3. The van der Waals surface area contributed by atoms with Crippen LogP contribution in [0.15, 0.2) is 35.5 Å². The topological polar surface area (TPSA) is 136 Å². The first kappa shape index (κ1) is 27.1. The maximum atomic E-state index is 13.3. The average molecular weight is 546 g/mol. The van der Waals surface area contributed by atoms with Crippen molar-refractivity contribution in [2.45, 2.75) is 36.8 Å². The summed E-state index contributed by atoms with van der Waals surface area (Å²) in [6.07, 6.45) is 3.29. The van der Waals surface area contributed by atoms with Gasteiger partial charge in [-0.25, -0.2) is 21.8 Å². The van der Waals surface area contributed by atoms with E-state index in [2.05, 4.69) is 9.71 Å². The molecule has 35 heavy (non-hydrogen) atoms. The first-order valence-corrected chi connectivity index (χ1v) is 14.1. The van der Waals surface area contributed by atoms with E-state index in [0.29, 0.717) is 23.3 Å². The van der Waals surface area contributed by atoms with Crippen LogP contribution in [0.1, 0.15) is 27.2 Å². The summed E-state index contributed by atoms with van der Waals surface area (Å²) in [6, 6.07) is 4.58. The van der Waals surface area contributed by atoms with Crippen molar-refractivity contribution in [3.8, 4) is 22.8 Å².